The van der Waals surface area contributed by atoms with Crippen LogP contribution >= 0.6 is 11.8 Å². The number of nitro groups is 1. The number of rotatable bonds is 8. The van der Waals surface area contributed by atoms with Gasteiger partial charge in [-0.1, -0.05) is 6.42 Å². The molecule has 1 N–H and O–H groups in total. The van der Waals surface area contributed by atoms with Crippen LogP contribution in [0.1, 0.15) is 70.6 Å². The Morgan fingerprint density at radius 3 is 2.88 bits per heavy atom. The molecule has 5 atom stereocenters. The minimum atomic E-state index is -0.703. The maximum atomic E-state index is 11.3. The first-order valence-corrected chi connectivity index (χ1v) is 13.1. The van der Waals surface area contributed by atoms with Crippen molar-refractivity contribution in [3.8, 4) is 0 Å². The number of fused-ring (bicyclic) bond motifs is 2. The first kappa shape index (κ1) is 23.3. The first-order chi connectivity index (χ1) is 15.4. The molecule has 32 heavy (non-hydrogen) atoms. The lowest BCUT2D eigenvalue weighted by Gasteiger charge is -2.33. The highest BCUT2D eigenvalue weighted by molar-refractivity contribution is 8.03. The molecule has 2 heterocycles. The van der Waals surface area contributed by atoms with Gasteiger partial charge in [0.25, 0.3) is 0 Å². The highest BCUT2D eigenvalue weighted by Gasteiger charge is 2.44. The van der Waals surface area contributed by atoms with E-state index in [-0.39, 0.29) is 17.4 Å². The lowest BCUT2D eigenvalue weighted by Crippen LogP contribution is -2.41. The second-order valence-electron chi connectivity index (χ2n) is 9.79. The Morgan fingerprint density at radius 2 is 2.09 bits per heavy atom. The van der Waals surface area contributed by atoms with Gasteiger partial charge in [-0.3, -0.25) is 14.9 Å². The SMILES string of the molecule is CN1C(=CC2=CC=[N+](CCCCCC(=O)O)C3CCCCC23)SC2CC([N+](=O)[O-])CCC21. The standard InChI is InChI=1S/C24H35N3O4S/c1-25-21-11-10-18(27(30)31)16-22(21)32-23(25)15-17-12-14-26(13-6-2-3-9-24(28)29)20-8-5-4-7-19(17)20/h12,14-15,18-22H,2-11,13,16H2,1H3/p+1. The van der Waals surface area contributed by atoms with Gasteiger partial charge in [-0.05, 0) is 43.8 Å². The van der Waals surface area contributed by atoms with Gasteiger partial charge in [-0.25, -0.2) is 4.58 Å². The van der Waals surface area contributed by atoms with Gasteiger partial charge >= 0.3 is 5.97 Å². The van der Waals surface area contributed by atoms with Crippen LogP contribution in [0.25, 0.3) is 0 Å². The van der Waals surface area contributed by atoms with Crippen LogP contribution < -0.4 is 0 Å². The van der Waals surface area contributed by atoms with Crippen LogP contribution in [0.4, 0.5) is 0 Å². The van der Waals surface area contributed by atoms with Crippen molar-refractivity contribution in [2.75, 3.05) is 13.6 Å². The predicted molar refractivity (Wildman–Crippen MR) is 127 cm³/mol. The van der Waals surface area contributed by atoms with Gasteiger partial charge in [0, 0.05) is 67.4 Å². The number of carbonyl (C=O) groups is 1. The fourth-order valence-electron chi connectivity index (χ4n) is 5.99. The molecule has 2 aliphatic carbocycles. The zero-order chi connectivity index (χ0) is 22.7. The number of unbranched alkanes of at least 4 members (excludes halogenated alkanes) is 2. The number of aliphatic carboxylic acids is 1. The summed E-state index contributed by atoms with van der Waals surface area (Å²) < 4.78 is 2.50. The van der Waals surface area contributed by atoms with Gasteiger partial charge in [-0.15, -0.1) is 11.8 Å². The molecule has 4 aliphatic rings. The molecule has 0 aromatic rings. The summed E-state index contributed by atoms with van der Waals surface area (Å²) in [5.41, 5.74) is 1.41. The summed E-state index contributed by atoms with van der Waals surface area (Å²) in [6.45, 7) is 1.00. The van der Waals surface area contributed by atoms with Gasteiger partial charge in [0.2, 0.25) is 6.04 Å². The molecule has 8 heteroatoms. The Labute approximate surface area is 194 Å². The van der Waals surface area contributed by atoms with Crippen LogP contribution in [0.5, 0.6) is 0 Å². The van der Waals surface area contributed by atoms with Crippen LogP contribution in [0.3, 0.4) is 0 Å². The van der Waals surface area contributed by atoms with Gasteiger partial charge in [0.05, 0.1) is 5.03 Å². The second-order valence-corrected chi connectivity index (χ2v) is 11.0. The van der Waals surface area contributed by atoms with E-state index in [4.69, 9.17) is 5.11 Å². The summed E-state index contributed by atoms with van der Waals surface area (Å²) in [5, 5.41) is 21.7. The molecule has 4 rings (SSSR count). The Morgan fingerprint density at radius 1 is 1.28 bits per heavy atom. The third kappa shape index (κ3) is 5.21. The molecule has 0 aromatic carbocycles. The molecule has 0 radical (unpaired) electrons. The van der Waals surface area contributed by atoms with Crippen LogP contribution in [0.15, 0.2) is 22.8 Å². The molecule has 176 valence electrons. The van der Waals surface area contributed by atoms with E-state index in [1.807, 2.05) is 11.8 Å². The summed E-state index contributed by atoms with van der Waals surface area (Å²) in [6, 6.07) is 0.573. The van der Waals surface area contributed by atoms with E-state index in [0.717, 1.165) is 32.2 Å². The zero-order valence-electron chi connectivity index (χ0n) is 19.0. The molecular formula is C24H36N3O4S+. The lowest BCUT2D eigenvalue weighted by molar-refractivity contribution is -0.573. The number of hydrogen-bond acceptors (Lipinski definition) is 5. The highest BCUT2D eigenvalue weighted by Crippen LogP contribution is 2.46. The average molecular weight is 463 g/mol. The number of hydrogen-bond donors (Lipinski definition) is 1. The topological polar surface area (TPSA) is 86.7 Å². The average Bonchev–Trinajstić information content (AvgIpc) is 3.09. The maximum absolute atomic E-state index is 11.3. The Hall–Kier alpha value is -1.83. The molecule has 3 fully saturated rings. The summed E-state index contributed by atoms with van der Waals surface area (Å²) >= 11 is 1.85. The number of allylic oxidation sites excluding steroid dienone is 2. The highest BCUT2D eigenvalue weighted by atomic mass is 32.2. The number of nitrogens with zero attached hydrogens (tertiary/aromatic N) is 3. The van der Waals surface area contributed by atoms with Crippen molar-refractivity contribution in [3.05, 3.63) is 32.9 Å². The zero-order valence-corrected chi connectivity index (χ0v) is 19.8. The molecule has 0 amide bonds. The van der Waals surface area contributed by atoms with Crippen molar-refractivity contribution in [3.63, 3.8) is 0 Å². The smallest absolute Gasteiger partial charge is 0.303 e. The van der Waals surface area contributed by atoms with E-state index in [1.54, 1.807) is 0 Å². The van der Waals surface area contributed by atoms with Crippen molar-refractivity contribution in [1.82, 2.24) is 4.90 Å². The Balaban J connectivity index is 1.44. The van der Waals surface area contributed by atoms with E-state index in [2.05, 4.69) is 34.9 Å². The number of carboxylic acid groups (broad SMARTS) is 1. The fraction of sp³-hybridized carbons (Fsp3) is 0.750. The molecule has 2 aliphatic heterocycles. The third-order valence-electron chi connectivity index (χ3n) is 7.78. The van der Waals surface area contributed by atoms with Gasteiger partial charge < -0.3 is 10.0 Å². The van der Waals surface area contributed by atoms with Crippen LogP contribution in [0.2, 0.25) is 0 Å². The van der Waals surface area contributed by atoms with Gasteiger partial charge in [-0.2, -0.15) is 0 Å². The van der Waals surface area contributed by atoms with Crippen molar-refractivity contribution in [2.24, 2.45) is 5.92 Å². The lowest BCUT2D eigenvalue weighted by atomic mass is 9.77. The Bertz CT molecular complexity index is 824. The van der Waals surface area contributed by atoms with E-state index >= 15 is 0 Å². The normalized spacial score (nSPS) is 33.3. The number of carboxylic acids is 1. The summed E-state index contributed by atoms with van der Waals surface area (Å²) in [7, 11) is 2.16. The molecule has 0 bridgehead atoms. The minimum absolute atomic E-state index is 0.0833. The largest absolute Gasteiger partial charge is 0.481 e. The summed E-state index contributed by atoms with van der Waals surface area (Å²) in [4.78, 5) is 24.3. The summed E-state index contributed by atoms with van der Waals surface area (Å²) in [6.07, 6.45) is 17.2. The molecule has 0 aromatic heterocycles. The third-order valence-corrected chi connectivity index (χ3v) is 9.24. The van der Waals surface area contributed by atoms with Crippen molar-refractivity contribution in [2.45, 2.75) is 94.0 Å². The number of thioether (sulfide) groups is 1. The fourth-order valence-corrected chi connectivity index (χ4v) is 7.60. The van der Waals surface area contributed by atoms with E-state index in [1.165, 1.54) is 36.3 Å². The van der Waals surface area contributed by atoms with Crippen molar-refractivity contribution in [1.29, 1.82) is 0 Å². The molecular weight excluding hydrogens is 426 g/mol. The first-order valence-electron chi connectivity index (χ1n) is 12.2. The molecule has 1 saturated heterocycles. The quantitative estimate of drug-likeness (QED) is 0.250. The minimum Gasteiger partial charge on any atom is -0.481 e. The predicted octanol–water partition coefficient (Wildman–Crippen LogP) is 4.30. The second kappa shape index (κ2) is 10.4. The molecule has 7 nitrogen and oxygen atoms in total. The van der Waals surface area contributed by atoms with Crippen LogP contribution in [0, 0.1) is 16.0 Å². The van der Waals surface area contributed by atoms with Crippen molar-refractivity contribution < 1.29 is 19.4 Å². The van der Waals surface area contributed by atoms with E-state index in [0.29, 0.717) is 36.1 Å². The van der Waals surface area contributed by atoms with Crippen LogP contribution in [-0.4, -0.2) is 68.7 Å². The monoisotopic (exact) mass is 462 g/mol. The summed E-state index contributed by atoms with van der Waals surface area (Å²) in [5.74, 6) is -0.158. The Kier molecular flexibility index (Phi) is 7.59. The maximum Gasteiger partial charge on any atom is 0.303 e. The van der Waals surface area contributed by atoms with E-state index < -0.39 is 5.97 Å². The van der Waals surface area contributed by atoms with Crippen molar-refractivity contribution >= 4 is 23.9 Å². The van der Waals surface area contributed by atoms with E-state index in [9.17, 15) is 14.9 Å². The molecule has 2 saturated carbocycles. The molecule has 5 unspecified atom stereocenters. The molecule has 0 spiro atoms. The van der Waals surface area contributed by atoms with Crippen LogP contribution in [-0.2, 0) is 4.79 Å². The van der Waals surface area contributed by atoms with Gasteiger partial charge in [0.1, 0.15) is 6.54 Å². The van der Waals surface area contributed by atoms with Gasteiger partial charge in [0.15, 0.2) is 12.3 Å².